The summed E-state index contributed by atoms with van der Waals surface area (Å²) in [7, 11) is 0. The van der Waals surface area contributed by atoms with E-state index in [4.69, 9.17) is 17.3 Å². The van der Waals surface area contributed by atoms with E-state index in [9.17, 15) is 4.79 Å². The molecule has 0 spiro atoms. The van der Waals surface area contributed by atoms with Gasteiger partial charge in [0.05, 0.1) is 10.9 Å². The standard InChI is InChI=1S/C16H12ClN5O/c17-10-5-3-4-9(8-10)13-19-15(18)21-16-20-14(23)11-6-1-2-7-12(11)22(13)16/h1-8,13H,(H3,18,19,20,21,23). The minimum Gasteiger partial charge on any atom is -0.370 e. The minimum absolute atomic E-state index is 0.206. The van der Waals surface area contributed by atoms with Gasteiger partial charge < -0.3 is 5.73 Å². The number of nitrogens with two attached hydrogens (primary N) is 1. The molecule has 0 radical (unpaired) electrons. The van der Waals surface area contributed by atoms with Gasteiger partial charge in [0.2, 0.25) is 5.95 Å². The van der Waals surface area contributed by atoms with E-state index in [0.29, 0.717) is 16.4 Å². The predicted octanol–water partition coefficient (Wildman–Crippen LogP) is 2.34. The summed E-state index contributed by atoms with van der Waals surface area (Å²) < 4.78 is 1.85. The van der Waals surface area contributed by atoms with E-state index in [1.807, 2.05) is 34.9 Å². The predicted molar refractivity (Wildman–Crippen MR) is 90.8 cm³/mol. The fraction of sp³-hybridized carbons (Fsp3) is 0.0625. The van der Waals surface area contributed by atoms with Crippen LogP contribution in [0.4, 0.5) is 5.95 Å². The van der Waals surface area contributed by atoms with Crippen molar-refractivity contribution in [2.45, 2.75) is 6.17 Å². The number of halogens is 1. The summed E-state index contributed by atoms with van der Waals surface area (Å²) >= 11 is 6.10. The number of nitrogens with one attached hydrogen (secondary N) is 1. The fourth-order valence-electron chi connectivity index (χ4n) is 2.75. The van der Waals surface area contributed by atoms with Gasteiger partial charge in [0.25, 0.3) is 5.56 Å². The number of anilines is 1. The van der Waals surface area contributed by atoms with Crippen LogP contribution in [0.15, 0.2) is 58.3 Å². The van der Waals surface area contributed by atoms with Crippen molar-refractivity contribution >= 4 is 34.4 Å². The zero-order valence-corrected chi connectivity index (χ0v) is 12.7. The molecule has 2 heterocycles. The Morgan fingerprint density at radius 1 is 1.17 bits per heavy atom. The maximum atomic E-state index is 12.2. The molecule has 114 valence electrons. The number of nitrogens with zero attached hydrogens (tertiary/aromatic N) is 3. The first kappa shape index (κ1) is 13.8. The third-order valence-corrected chi connectivity index (χ3v) is 3.96. The van der Waals surface area contributed by atoms with Gasteiger partial charge in [0.15, 0.2) is 12.1 Å². The number of fused-ring (bicyclic) bond motifs is 3. The Balaban J connectivity index is 2.05. The van der Waals surface area contributed by atoms with E-state index < -0.39 is 6.17 Å². The van der Waals surface area contributed by atoms with Crippen LogP contribution in [0.2, 0.25) is 5.02 Å². The molecule has 0 saturated heterocycles. The van der Waals surface area contributed by atoms with E-state index in [2.05, 4.69) is 15.3 Å². The Morgan fingerprint density at radius 3 is 2.83 bits per heavy atom. The third-order valence-electron chi connectivity index (χ3n) is 3.72. The zero-order valence-electron chi connectivity index (χ0n) is 11.9. The Kier molecular flexibility index (Phi) is 3.06. The molecule has 1 aromatic heterocycles. The summed E-state index contributed by atoms with van der Waals surface area (Å²) in [5, 5.41) is 3.99. The molecule has 6 nitrogen and oxygen atoms in total. The lowest BCUT2D eigenvalue weighted by Gasteiger charge is -2.27. The minimum atomic E-state index is -0.442. The quantitative estimate of drug-likeness (QED) is 0.719. The van der Waals surface area contributed by atoms with E-state index >= 15 is 0 Å². The average Bonchev–Trinajstić information content (AvgIpc) is 2.54. The Bertz CT molecular complexity index is 1010. The number of aliphatic imine (C=N–C) groups is 1. The molecule has 0 aliphatic carbocycles. The smallest absolute Gasteiger partial charge is 0.282 e. The highest BCUT2D eigenvalue weighted by Gasteiger charge is 2.24. The molecule has 0 saturated carbocycles. The van der Waals surface area contributed by atoms with E-state index in [-0.39, 0.29) is 11.5 Å². The van der Waals surface area contributed by atoms with Crippen LogP contribution in [0, 0.1) is 0 Å². The normalized spacial score (nSPS) is 16.6. The van der Waals surface area contributed by atoms with Crippen LogP contribution in [0.3, 0.4) is 0 Å². The number of aromatic nitrogens is 2. The van der Waals surface area contributed by atoms with Gasteiger partial charge in [0.1, 0.15) is 0 Å². The highest BCUT2D eigenvalue weighted by molar-refractivity contribution is 6.30. The number of guanidine groups is 1. The van der Waals surface area contributed by atoms with Gasteiger partial charge in [-0.3, -0.25) is 14.7 Å². The molecule has 7 heteroatoms. The summed E-state index contributed by atoms with van der Waals surface area (Å²) in [6, 6.07) is 14.7. The molecule has 3 aromatic rings. The van der Waals surface area contributed by atoms with E-state index in [1.165, 1.54) is 0 Å². The first-order valence-corrected chi connectivity index (χ1v) is 7.38. The van der Waals surface area contributed by atoms with Gasteiger partial charge in [-0.2, -0.15) is 4.98 Å². The summed E-state index contributed by atoms with van der Waals surface area (Å²) in [6.45, 7) is 0. The summed E-state index contributed by atoms with van der Waals surface area (Å²) in [5.41, 5.74) is 7.15. The van der Waals surface area contributed by atoms with Crippen molar-refractivity contribution in [3.63, 3.8) is 0 Å². The first-order chi connectivity index (χ1) is 11.1. The Morgan fingerprint density at radius 2 is 2.00 bits per heavy atom. The molecular weight excluding hydrogens is 314 g/mol. The second kappa shape index (κ2) is 5.10. The maximum Gasteiger partial charge on any atom is 0.282 e. The van der Waals surface area contributed by atoms with Crippen LogP contribution in [0.25, 0.3) is 10.9 Å². The van der Waals surface area contributed by atoms with Crippen molar-refractivity contribution in [3.05, 3.63) is 69.5 Å². The molecule has 0 fully saturated rings. The fourth-order valence-corrected chi connectivity index (χ4v) is 2.95. The lowest BCUT2D eigenvalue weighted by molar-refractivity contribution is 0.616. The van der Waals surface area contributed by atoms with Crippen molar-refractivity contribution in [1.82, 2.24) is 9.55 Å². The van der Waals surface area contributed by atoms with Gasteiger partial charge in [0, 0.05) is 5.02 Å². The number of hydrogen-bond donors (Lipinski definition) is 2. The third kappa shape index (κ3) is 2.24. The number of hydrogen-bond acceptors (Lipinski definition) is 5. The molecule has 3 N–H and O–H groups in total. The van der Waals surface area contributed by atoms with Crippen molar-refractivity contribution in [2.24, 2.45) is 10.7 Å². The van der Waals surface area contributed by atoms with Crippen LogP contribution in [-0.4, -0.2) is 15.5 Å². The van der Waals surface area contributed by atoms with E-state index in [0.717, 1.165) is 11.1 Å². The zero-order chi connectivity index (χ0) is 16.0. The molecule has 23 heavy (non-hydrogen) atoms. The summed E-state index contributed by atoms with van der Waals surface area (Å²) in [6.07, 6.45) is -0.442. The topological polar surface area (TPSA) is 85.3 Å². The van der Waals surface area contributed by atoms with Crippen LogP contribution in [0.1, 0.15) is 11.7 Å². The molecule has 4 rings (SSSR count). The number of rotatable bonds is 1. The monoisotopic (exact) mass is 325 g/mol. The molecule has 1 unspecified atom stereocenters. The lowest BCUT2D eigenvalue weighted by Crippen LogP contribution is -2.34. The van der Waals surface area contributed by atoms with Gasteiger partial charge in [-0.25, -0.2) is 4.99 Å². The molecule has 1 atom stereocenters. The highest BCUT2D eigenvalue weighted by atomic mass is 35.5. The van der Waals surface area contributed by atoms with Gasteiger partial charge >= 0.3 is 0 Å². The van der Waals surface area contributed by atoms with Crippen molar-refractivity contribution < 1.29 is 0 Å². The molecular formula is C16H12ClN5O. The van der Waals surface area contributed by atoms with Crippen molar-refractivity contribution in [3.8, 4) is 0 Å². The second-order valence-corrected chi connectivity index (χ2v) is 5.63. The van der Waals surface area contributed by atoms with Crippen LogP contribution >= 0.6 is 11.6 Å². The van der Waals surface area contributed by atoms with Crippen molar-refractivity contribution in [2.75, 3.05) is 5.32 Å². The number of benzene rings is 2. The maximum absolute atomic E-state index is 12.2. The summed E-state index contributed by atoms with van der Waals surface area (Å²) in [4.78, 5) is 20.7. The van der Waals surface area contributed by atoms with Gasteiger partial charge in [-0.05, 0) is 29.8 Å². The lowest BCUT2D eigenvalue weighted by atomic mass is 10.1. The SMILES string of the molecule is NC1=NC(c2cccc(Cl)c2)n2c(nc(=O)c3ccccc32)N1. The molecule has 0 bridgehead atoms. The summed E-state index contributed by atoms with van der Waals surface area (Å²) in [5.74, 6) is 0.573. The van der Waals surface area contributed by atoms with Crippen LogP contribution < -0.4 is 16.6 Å². The molecule has 0 amide bonds. The molecule has 1 aliphatic heterocycles. The average molecular weight is 326 g/mol. The van der Waals surface area contributed by atoms with Gasteiger partial charge in [-0.15, -0.1) is 0 Å². The molecule has 2 aromatic carbocycles. The largest absolute Gasteiger partial charge is 0.370 e. The van der Waals surface area contributed by atoms with E-state index in [1.54, 1.807) is 18.2 Å². The van der Waals surface area contributed by atoms with Crippen LogP contribution in [-0.2, 0) is 0 Å². The number of para-hydroxylation sites is 1. The van der Waals surface area contributed by atoms with Gasteiger partial charge in [-0.1, -0.05) is 35.9 Å². The van der Waals surface area contributed by atoms with Crippen molar-refractivity contribution in [1.29, 1.82) is 0 Å². The Labute approximate surface area is 136 Å². The van der Waals surface area contributed by atoms with Crippen LogP contribution in [0.5, 0.6) is 0 Å². The Hall–Kier alpha value is -2.86. The highest BCUT2D eigenvalue weighted by Crippen LogP contribution is 2.30. The first-order valence-electron chi connectivity index (χ1n) is 7.00. The second-order valence-electron chi connectivity index (χ2n) is 5.20. The molecule has 1 aliphatic rings.